The topological polar surface area (TPSA) is 89.6 Å². The van der Waals surface area contributed by atoms with E-state index >= 15 is 0 Å². The molecule has 2 rings (SSSR count). The highest BCUT2D eigenvalue weighted by Gasteiger charge is 2.16. The van der Waals surface area contributed by atoms with Gasteiger partial charge in [-0.1, -0.05) is 11.6 Å². The minimum absolute atomic E-state index is 0.154. The number of nitrogens with zero attached hydrogens (tertiary/aromatic N) is 1. The Bertz CT molecular complexity index is 758. The van der Waals surface area contributed by atoms with Crippen molar-refractivity contribution in [3.8, 4) is 11.5 Å². The number of hydrogen-bond donors (Lipinski definition) is 2. The fraction of sp³-hybridized carbons (Fsp3) is 0.188. The second-order valence-electron chi connectivity index (χ2n) is 4.69. The molecular weight excluding hydrogens is 334 g/mol. The van der Waals surface area contributed by atoms with E-state index in [1.807, 2.05) is 0 Å². The molecule has 7 nitrogen and oxygen atoms in total. The fourth-order valence-corrected chi connectivity index (χ4v) is 2.14. The number of methoxy groups -OCH3 is 2. The summed E-state index contributed by atoms with van der Waals surface area (Å²) in [6, 6.07) is 6.16. The van der Waals surface area contributed by atoms with Crippen LogP contribution in [0.5, 0.6) is 11.5 Å². The Balaban J connectivity index is 2.36. The van der Waals surface area contributed by atoms with E-state index in [9.17, 15) is 9.59 Å². The third-order valence-electron chi connectivity index (χ3n) is 3.20. The minimum atomic E-state index is -0.445. The summed E-state index contributed by atoms with van der Waals surface area (Å²) in [7, 11) is 4.46. The Hall–Kier alpha value is -2.80. The summed E-state index contributed by atoms with van der Waals surface area (Å²) in [5.41, 5.74) is 0.758. The van der Waals surface area contributed by atoms with Gasteiger partial charge in [0.15, 0.2) is 0 Å². The van der Waals surface area contributed by atoms with Crippen LogP contribution in [0.3, 0.4) is 0 Å². The lowest BCUT2D eigenvalue weighted by Crippen LogP contribution is -2.22. The second kappa shape index (κ2) is 7.65. The smallest absolute Gasteiger partial charge is 0.255 e. The van der Waals surface area contributed by atoms with Crippen molar-refractivity contribution in [1.82, 2.24) is 10.3 Å². The molecule has 0 aliphatic carbocycles. The first kappa shape index (κ1) is 17.6. The number of benzene rings is 1. The van der Waals surface area contributed by atoms with E-state index in [1.54, 1.807) is 18.2 Å². The number of carbonyl (C=O) groups excluding carboxylic acids is 2. The third kappa shape index (κ3) is 3.94. The number of pyridine rings is 1. The van der Waals surface area contributed by atoms with Crippen LogP contribution < -0.4 is 20.1 Å². The maximum atomic E-state index is 12.5. The Morgan fingerprint density at radius 3 is 2.21 bits per heavy atom. The Morgan fingerprint density at radius 2 is 1.67 bits per heavy atom. The average molecular weight is 350 g/mol. The molecule has 0 fully saturated rings. The van der Waals surface area contributed by atoms with Gasteiger partial charge in [0.05, 0.1) is 25.5 Å². The Kier molecular flexibility index (Phi) is 5.59. The number of halogens is 1. The highest BCUT2D eigenvalue weighted by molar-refractivity contribution is 6.30. The molecule has 1 aromatic heterocycles. The standard InChI is InChI=1S/C16H16ClN3O4/c1-18-16(22)12-8-19-14(17)7-13(12)20-15(21)9-4-10(23-2)6-11(5-9)24-3/h4-8H,1-3H3,(H,18,22)(H,19,20,21). The molecule has 2 aromatic rings. The molecule has 0 bridgehead atoms. The number of amides is 2. The van der Waals surface area contributed by atoms with Crippen LogP contribution in [-0.2, 0) is 0 Å². The summed E-state index contributed by atoms with van der Waals surface area (Å²) in [5, 5.41) is 5.28. The summed E-state index contributed by atoms with van der Waals surface area (Å²) in [5.74, 6) is 0.106. The summed E-state index contributed by atoms with van der Waals surface area (Å²) in [4.78, 5) is 28.2. The van der Waals surface area contributed by atoms with E-state index in [4.69, 9.17) is 21.1 Å². The molecular formula is C16H16ClN3O4. The average Bonchev–Trinajstić information content (AvgIpc) is 2.60. The summed E-state index contributed by atoms with van der Waals surface area (Å²) >= 11 is 5.86. The van der Waals surface area contributed by atoms with Gasteiger partial charge in [-0.2, -0.15) is 0 Å². The third-order valence-corrected chi connectivity index (χ3v) is 3.41. The molecule has 0 aliphatic heterocycles. The summed E-state index contributed by atoms with van der Waals surface area (Å²) in [6.07, 6.45) is 1.29. The van der Waals surface area contributed by atoms with Crippen molar-refractivity contribution >= 4 is 29.1 Å². The molecule has 24 heavy (non-hydrogen) atoms. The number of aromatic nitrogens is 1. The van der Waals surface area contributed by atoms with Gasteiger partial charge < -0.3 is 20.1 Å². The van der Waals surface area contributed by atoms with E-state index in [0.717, 1.165) is 0 Å². The highest BCUT2D eigenvalue weighted by Crippen LogP contribution is 2.24. The molecule has 0 aliphatic rings. The van der Waals surface area contributed by atoms with Crippen molar-refractivity contribution in [1.29, 1.82) is 0 Å². The highest BCUT2D eigenvalue weighted by atomic mass is 35.5. The van der Waals surface area contributed by atoms with Gasteiger partial charge in [0.25, 0.3) is 11.8 Å². The van der Waals surface area contributed by atoms with Crippen LogP contribution in [0, 0.1) is 0 Å². The van der Waals surface area contributed by atoms with Gasteiger partial charge in [-0.25, -0.2) is 4.98 Å². The van der Waals surface area contributed by atoms with Gasteiger partial charge in [-0.3, -0.25) is 9.59 Å². The van der Waals surface area contributed by atoms with E-state index in [2.05, 4.69) is 15.6 Å². The first-order chi connectivity index (χ1) is 11.5. The molecule has 0 spiro atoms. The van der Waals surface area contributed by atoms with Crippen molar-refractivity contribution in [3.05, 3.63) is 46.7 Å². The first-order valence-corrected chi connectivity index (χ1v) is 7.28. The number of carbonyl (C=O) groups is 2. The first-order valence-electron chi connectivity index (χ1n) is 6.90. The van der Waals surface area contributed by atoms with E-state index < -0.39 is 11.8 Å². The van der Waals surface area contributed by atoms with Gasteiger partial charge in [0, 0.05) is 24.9 Å². The van der Waals surface area contributed by atoms with Crippen molar-refractivity contribution < 1.29 is 19.1 Å². The lowest BCUT2D eigenvalue weighted by Gasteiger charge is -2.12. The molecule has 0 unspecified atom stereocenters. The zero-order valence-electron chi connectivity index (χ0n) is 13.3. The number of ether oxygens (including phenoxy) is 2. The zero-order chi connectivity index (χ0) is 17.7. The predicted molar refractivity (Wildman–Crippen MR) is 90.1 cm³/mol. The molecule has 1 heterocycles. The van der Waals surface area contributed by atoms with Crippen molar-refractivity contribution in [2.24, 2.45) is 0 Å². The van der Waals surface area contributed by atoms with Gasteiger partial charge in [-0.05, 0) is 18.2 Å². The Labute approximate surface area is 143 Å². The lowest BCUT2D eigenvalue weighted by atomic mass is 10.1. The fourth-order valence-electron chi connectivity index (χ4n) is 1.98. The zero-order valence-corrected chi connectivity index (χ0v) is 14.1. The summed E-state index contributed by atoms with van der Waals surface area (Å²) < 4.78 is 10.3. The molecule has 1 aromatic carbocycles. The Morgan fingerprint density at radius 1 is 1.04 bits per heavy atom. The minimum Gasteiger partial charge on any atom is -0.497 e. The van der Waals surface area contributed by atoms with E-state index in [0.29, 0.717) is 17.1 Å². The summed E-state index contributed by atoms with van der Waals surface area (Å²) in [6.45, 7) is 0. The maximum absolute atomic E-state index is 12.5. The van der Waals surface area contributed by atoms with Crippen LogP contribution in [0.4, 0.5) is 5.69 Å². The van der Waals surface area contributed by atoms with Crippen molar-refractivity contribution in [2.75, 3.05) is 26.6 Å². The number of hydrogen-bond acceptors (Lipinski definition) is 5. The number of anilines is 1. The van der Waals surface area contributed by atoms with Crippen LogP contribution in [0.15, 0.2) is 30.5 Å². The second-order valence-corrected chi connectivity index (χ2v) is 5.07. The van der Waals surface area contributed by atoms with Crippen LogP contribution in [0.2, 0.25) is 5.15 Å². The van der Waals surface area contributed by atoms with E-state index in [1.165, 1.54) is 33.5 Å². The van der Waals surface area contributed by atoms with Crippen molar-refractivity contribution in [2.45, 2.75) is 0 Å². The van der Waals surface area contributed by atoms with E-state index in [-0.39, 0.29) is 16.4 Å². The molecule has 2 N–H and O–H groups in total. The molecule has 126 valence electrons. The molecule has 2 amide bonds. The molecule has 0 saturated heterocycles. The van der Waals surface area contributed by atoms with Crippen LogP contribution in [0.25, 0.3) is 0 Å². The molecule has 0 radical (unpaired) electrons. The maximum Gasteiger partial charge on any atom is 0.255 e. The largest absolute Gasteiger partial charge is 0.497 e. The molecule has 8 heteroatoms. The quantitative estimate of drug-likeness (QED) is 0.809. The monoisotopic (exact) mass is 349 g/mol. The molecule has 0 atom stereocenters. The van der Waals surface area contributed by atoms with Gasteiger partial charge >= 0.3 is 0 Å². The SMILES string of the molecule is CNC(=O)c1cnc(Cl)cc1NC(=O)c1cc(OC)cc(OC)c1. The van der Waals surface area contributed by atoms with Gasteiger partial charge in [-0.15, -0.1) is 0 Å². The number of nitrogens with one attached hydrogen (secondary N) is 2. The van der Waals surface area contributed by atoms with Crippen LogP contribution >= 0.6 is 11.6 Å². The van der Waals surface area contributed by atoms with Gasteiger partial charge in [0.2, 0.25) is 0 Å². The number of rotatable bonds is 5. The van der Waals surface area contributed by atoms with Crippen molar-refractivity contribution in [3.63, 3.8) is 0 Å². The predicted octanol–water partition coefficient (Wildman–Crippen LogP) is 2.36. The lowest BCUT2D eigenvalue weighted by molar-refractivity contribution is 0.0963. The van der Waals surface area contributed by atoms with Crippen LogP contribution in [0.1, 0.15) is 20.7 Å². The van der Waals surface area contributed by atoms with Gasteiger partial charge in [0.1, 0.15) is 16.7 Å². The normalized spacial score (nSPS) is 10.0. The molecule has 0 saturated carbocycles. The van der Waals surface area contributed by atoms with Crippen LogP contribution in [-0.4, -0.2) is 38.1 Å².